The third-order valence-electron chi connectivity index (χ3n) is 3.03. The van der Waals surface area contributed by atoms with Crippen LogP contribution >= 0.6 is 0 Å². The molecule has 2 aromatic rings. The quantitative estimate of drug-likeness (QED) is 0.624. The van der Waals surface area contributed by atoms with Gasteiger partial charge in [-0.15, -0.1) is 0 Å². The number of carbonyl (C=O) groups is 3. The lowest BCUT2D eigenvalue weighted by Crippen LogP contribution is -2.34. The third-order valence-corrected chi connectivity index (χ3v) is 3.03. The van der Waals surface area contributed by atoms with Gasteiger partial charge < -0.3 is 19.8 Å². The summed E-state index contributed by atoms with van der Waals surface area (Å²) in [5.74, 6) is -1.46. The second kappa shape index (κ2) is 8.52. The summed E-state index contributed by atoms with van der Waals surface area (Å²) in [5, 5.41) is 4.89. The van der Waals surface area contributed by atoms with Crippen molar-refractivity contribution < 1.29 is 23.5 Å². The highest BCUT2D eigenvalue weighted by Crippen LogP contribution is 2.10. The summed E-state index contributed by atoms with van der Waals surface area (Å²) in [6, 6.07) is 9.48. The second-order valence-electron chi connectivity index (χ2n) is 4.93. The van der Waals surface area contributed by atoms with E-state index in [1.54, 1.807) is 12.1 Å². The Kier molecular flexibility index (Phi) is 6.13. The Hall–Kier alpha value is -3.09. The van der Waals surface area contributed by atoms with Crippen LogP contribution in [0, 0.1) is 0 Å². The maximum Gasteiger partial charge on any atom is 0.338 e. The lowest BCUT2D eigenvalue weighted by Gasteiger charge is -2.07. The van der Waals surface area contributed by atoms with E-state index >= 15 is 0 Å². The highest BCUT2D eigenvalue weighted by Gasteiger charge is 2.14. The molecule has 2 N–H and O–H groups in total. The van der Waals surface area contributed by atoms with E-state index in [-0.39, 0.29) is 6.54 Å². The van der Waals surface area contributed by atoms with Crippen LogP contribution in [-0.4, -0.2) is 24.4 Å². The van der Waals surface area contributed by atoms with Crippen molar-refractivity contribution in [3.05, 3.63) is 54.0 Å². The molecule has 1 aromatic carbocycles. The molecule has 0 aliphatic heterocycles. The molecule has 0 bridgehead atoms. The Morgan fingerprint density at radius 1 is 1.08 bits per heavy atom. The van der Waals surface area contributed by atoms with Gasteiger partial charge in [0.05, 0.1) is 25.0 Å². The molecule has 0 saturated heterocycles. The number of rotatable bonds is 6. The topological polar surface area (TPSA) is 97.6 Å². The molecule has 24 heavy (non-hydrogen) atoms. The normalized spacial score (nSPS) is 10.0. The molecule has 1 heterocycles. The molecule has 0 aliphatic rings. The zero-order chi connectivity index (χ0) is 17.4. The first-order chi connectivity index (χ1) is 11.6. The molecule has 0 fully saturated rings. The molecular weight excluding hydrogens is 312 g/mol. The first-order valence-corrected chi connectivity index (χ1v) is 7.49. The van der Waals surface area contributed by atoms with Gasteiger partial charge in [-0.3, -0.25) is 9.59 Å². The minimum absolute atomic E-state index is 0.126. The van der Waals surface area contributed by atoms with Gasteiger partial charge in [-0.2, -0.15) is 0 Å². The van der Waals surface area contributed by atoms with Crippen molar-refractivity contribution in [3.63, 3.8) is 0 Å². The molecule has 126 valence electrons. The van der Waals surface area contributed by atoms with Crippen LogP contribution in [0.3, 0.4) is 0 Å². The van der Waals surface area contributed by atoms with Crippen molar-refractivity contribution in [1.29, 1.82) is 0 Å². The van der Waals surface area contributed by atoms with Crippen molar-refractivity contribution in [2.24, 2.45) is 0 Å². The van der Waals surface area contributed by atoms with Crippen LogP contribution in [0.4, 0.5) is 5.69 Å². The van der Waals surface area contributed by atoms with Crippen molar-refractivity contribution >= 4 is 23.5 Å². The molecule has 0 atom stereocenters. The summed E-state index contributed by atoms with van der Waals surface area (Å²) in [6.07, 6.45) is 2.22. The fraction of sp³-hybridized carbons (Fsp3) is 0.235. The molecule has 0 spiro atoms. The van der Waals surface area contributed by atoms with E-state index in [0.29, 0.717) is 23.6 Å². The molecule has 7 heteroatoms. The van der Waals surface area contributed by atoms with Gasteiger partial charge in [-0.05, 0) is 42.8 Å². The van der Waals surface area contributed by atoms with Crippen molar-refractivity contribution in [2.75, 3.05) is 11.9 Å². The van der Waals surface area contributed by atoms with E-state index < -0.39 is 17.8 Å². The standard InChI is InChI=1S/C17H18N2O5/c1-2-9-24-17(22)12-5-7-13(8-6-12)19-16(21)15(20)18-11-14-4-3-10-23-14/h3-8,10H,2,9,11H2,1H3,(H,18,20)(H,19,21). The smallest absolute Gasteiger partial charge is 0.338 e. The van der Waals surface area contributed by atoms with E-state index in [4.69, 9.17) is 9.15 Å². The lowest BCUT2D eigenvalue weighted by atomic mass is 10.2. The van der Waals surface area contributed by atoms with Gasteiger partial charge in [0.15, 0.2) is 0 Å². The molecule has 0 radical (unpaired) electrons. The van der Waals surface area contributed by atoms with Crippen LogP contribution < -0.4 is 10.6 Å². The molecule has 0 unspecified atom stereocenters. The van der Waals surface area contributed by atoms with Crippen LogP contribution in [0.5, 0.6) is 0 Å². The van der Waals surface area contributed by atoms with Crippen molar-refractivity contribution in [3.8, 4) is 0 Å². The highest BCUT2D eigenvalue weighted by molar-refractivity contribution is 6.39. The first kappa shape index (κ1) is 17.3. The van der Waals surface area contributed by atoms with Gasteiger partial charge >= 0.3 is 17.8 Å². The average molecular weight is 330 g/mol. The monoisotopic (exact) mass is 330 g/mol. The van der Waals surface area contributed by atoms with E-state index in [9.17, 15) is 14.4 Å². The Balaban J connectivity index is 1.84. The van der Waals surface area contributed by atoms with Gasteiger partial charge in [-0.25, -0.2) is 4.79 Å². The van der Waals surface area contributed by atoms with E-state index in [0.717, 1.165) is 6.42 Å². The molecule has 2 rings (SSSR count). The van der Waals surface area contributed by atoms with Crippen LogP contribution in [0.15, 0.2) is 47.1 Å². The summed E-state index contributed by atoms with van der Waals surface area (Å²) in [5.41, 5.74) is 0.781. The van der Waals surface area contributed by atoms with E-state index in [2.05, 4.69) is 10.6 Å². The van der Waals surface area contributed by atoms with Gasteiger partial charge in [0.25, 0.3) is 0 Å². The summed E-state index contributed by atoms with van der Waals surface area (Å²) >= 11 is 0. The Labute approximate surface area is 139 Å². The zero-order valence-corrected chi connectivity index (χ0v) is 13.2. The number of anilines is 1. The van der Waals surface area contributed by atoms with Gasteiger partial charge in [0, 0.05) is 5.69 Å². The summed E-state index contributed by atoms with van der Waals surface area (Å²) in [6.45, 7) is 2.39. The Bertz CT molecular complexity index is 692. The predicted molar refractivity (Wildman–Crippen MR) is 86.2 cm³/mol. The number of ether oxygens (including phenoxy) is 1. The summed E-state index contributed by atoms with van der Waals surface area (Å²) in [7, 11) is 0. The molecule has 0 saturated carbocycles. The molecule has 2 amide bonds. The number of furan rings is 1. The number of esters is 1. The number of amides is 2. The second-order valence-corrected chi connectivity index (χ2v) is 4.93. The lowest BCUT2D eigenvalue weighted by molar-refractivity contribution is -0.136. The van der Waals surface area contributed by atoms with Gasteiger partial charge in [0.1, 0.15) is 5.76 Å². The number of hydrogen-bond donors (Lipinski definition) is 2. The van der Waals surface area contributed by atoms with Crippen LogP contribution in [0.25, 0.3) is 0 Å². The van der Waals surface area contributed by atoms with Crippen LogP contribution in [0.1, 0.15) is 29.5 Å². The molecular formula is C17H18N2O5. The molecule has 0 aliphatic carbocycles. The molecule has 1 aromatic heterocycles. The largest absolute Gasteiger partial charge is 0.467 e. The minimum atomic E-state index is -0.803. The van der Waals surface area contributed by atoms with Crippen molar-refractivity contribution in [1.82, 2.24) is 5.32 Å². The average Bonchev–Trinajstić information content (AvgIpc) is 3.11. The summed E-state index contributed by atoms with van der Waals surface area (Å²) < 4.78 is 10.1. The van der Waals surface area contributed by atoms with E-state index in [1.165, 1.54) is 30.5 Å². The summed E-state index contributed by atoms with van der Waals surface area (Å²) in [4.78, 5) is 35.1. The SMILES string of the molecule is CCCOC(=O)c1ccc(NC(=O)C(=O)NCc2ccco2)cc1. The maximum absolute atomic E-state index is 11.8. The van der Waals surface area contributed by atoms with Crippen LogP contribution in [-0.2, 0) is 20.9 Å². The Morgan fingerprint density at radius 3 is 2.46 bits per heavy atom. The zero-order valence-electron chi connectivity index (χ0n) is 13.2. The number of nitrogens with one attached hydrogen (secondary N) is 2. The number of benzene rings is 1. The highest BCUT2D eigenvalue weighted by atomic mass is 16.5. The first-order valence-electron chi connectivity index (χ1n) is 7.49. The fourth-order valence-corrected chi connectivity index (χ4v) is 1.82. The van der Waals surface area contributed by atoms with Crippen LogP contribution in [0.2, 0.25) is 0 Å². The van der Waals surface area contributed by atoms with Gasteiger partial charge in [0.2, 0.25) is 0 Å². The maximum atomic E-state index is 11.8. The fourth-order valence-electron chi connectivity index (χ4n) is 1.82. The minimum Gasteiger partial charge on any atom is -0.467 e. The Morgan fingerprint density at radius 2 is 1.83 bits per heavy atom. The van der Waals surface area contributed by atoms with E-state index in [1.807, 2.05) is 6.92 Å². The van der Waals surface area contributed by atoms with Crippen molar-refractivity contribution in [2.45, 2.75) is 19.9 Å². The number of carbonyl (C=O) groups excluding carboxylic acids is 3. The predicted octanol–water partition coefficient (Wildman–Crippen LogP) is 2.10. The number of hydrogen-bond acceptors (Lipinski definition) is 5. The third kappa shape index (κ3) is 4.98. The molecule has 7 nitrogen and oxygen atoms in total. The van der Waals surface area contributed by atoms with Gasteiger partial charge in [-0.1, -0.05) is 6.92 Å².